The van der Waals surface area contributed by atoms with E-state index in [0.717, 1.165) is 0 Å². The molecule has 0 heterocycles. The van der Waals surface area contributed by atoms with E-state index in [4.69, 9.17) is 5.11 Å². The summed E-state index contributed by atoms with van der Waals surface area (Å²) in [5.74, 6) is 5.45. The topological polar surface area (TPSA) is 23.5 Å². The van der Waals surface area contributed by atoms with Gasteiger partial charge >= 0.3 is 0 Å². The van der Waals surface area contributed by atoms with Crippen LogP contribution in [-0.2, 0) is 0 Å². The van der Waals surface area contributed by atoms with Crippen molar-refractivity contribution in [3.05, 3.63) is 0 Å². The Morgan fingerprint density at radius 3 is 2.44 bits per heavy atom. The molecule has 9 heavy (non-hydrogen) atoms. The van der Waals surface area contributed by atoms with Gasteiger partial charge in [0.05, 0.1) is 6.54 Å². The Kier molecular flexibility index (Phi) is 4.12. The normalized spacial score (nSPS) is 12.6. The predicted octanol–water partition coefficient (Wildman–Crippen LogP) is -0.0678. The summed E-state index contributed by atoms with van der Waals surface area (Å²) in [6, 6.07) is 0. The highest BCUT2D eigenvalue weighted by Gasteiger charge is 1.83. The van der Waals surface area contributed by atoms with Gasteiger partial charge in [-0.25, -0.2) is 0 Å². The van der Waals surface area contributed by atoms with E-state index in [1.54, 1.807) is 6.92 Å². The Labute approximate surface area is 56.5 Å². The predicted molar refractivity (Wildman–Crippen MR) is 38.0 cm³/mol. The molecule has 52 valence electrons. The molecular formula is C7H13NO. The third-order valence-corrected chi connectivity index (χ3v) is 0.706. The minimum Gasteiger partial charge on any atom is -0.381 e. The van der Waals surface area contributed by atoms with Crippen molar-refractivity contribution >= 4 is 0 Å². The van der Waals surface area contributed by atoms with E-state index in [2.05, 4.69) is 11.8 Å². The summed E-state index contributed by atoms with van der Waals surface area (Å²) >= 11 is 0. The highest BCUT2D eigenvalue weighted by atomic mass is 16.3. The summed E-state index contributed by atoms with van der Waals surface area (Å²) in [6.07, 6.45) is -0.495. The second-order valence-corrected chi connectivity index (χ2v) is 2.23. The molecular weight excluding hydrogens is 114 g/mol. The molecule has 0 amide bonds. The number of nitrogens with zero attached hydrogens (tertiary/aromatic N) is 1. The molecule has 0 saturated heterocycles. The van der Waals surface area contributed by atoms with E-state index < -0.39 is 6.10 Å². The van der Waals surface area contributed by atoms with E-state index in [-0.39, 0.29) is 0 Å². The molecule has 0 aromatic heterocycles. The summed E-state index contributed by atoms with van der Waals surface area (Å²) in [5, 5.41) is 8.67. The second-order valence-electron chi connectivity index (χ2n) is 2.23. The van der Waals surface area contributed by atoms with Crippen molar-refractivity contribution in [1.82, 2.24) is 4.90 Å². The number of aliphatic hydroxyl groups excluding tert-OH is 1. The minimum atomic E-state index is -0.495. The molecule has 2 nitrogen and oxygen atoms in total. The molecule has 0 aromatic rings. The fourth-order valence-electron chi connectivity index (χ4n) is 0.351. The molecule has 0 fully saturated rings. The first kappa shape index (κ1) is 8.48. The van der Waals surface area contributed by atoms with Gasteiger partial charge in [-0.15, -0.1) is 0 Å². The molecule has 0 radical (unpaired) electrons. The van der Waals surface area contributed by atoms with Crippen LogP contribution in [0.4, 0.5) is 0 Å². The summed E-state index contributed by atoms with van der Waals surface area (Å²) < 4.78 is 0. The molecule has 0 spiro atoms. The average Bonchev–Trinajstić information content (AvgIpc) is 1.63. The summed E-state index contributed by atoms with van der Waals surface area (Å²) in [4.78, 5) is 1.95. The van der Waals surface area contributed by atoms with Crippen LogP contribution in [0.1, 0.15) is 6.92 Å². The van der Waals surface area contributed by atoms with Crippen LogP contribution in [0.25, 0.3) is 0 Å². The van der Waals surface area contributed by atoms with Gasteiger partial charge in [-0.05, 0) is 21.0 Å². The molecule has 1 unspecified atom stereocenters. The first-order valence-electron chi connectivity index (χ1n) is 2.94. The summed E-state index contributed by atoms with van der Waals surface area (Å²) in [7, 11) is 3.88. The van der Waals surface area contributed by atoms with Crippen LogP contribution in [0.5, 0.6) is 0 Å². The lowest BCUT2D eigenvalue weighted by Crippen LogP contribution is -2.11. The van der Waals surface area contributed by atoms with E-state index in [9.17, 15) is 0 Å². The fourth-order valence-corrected chi connectivity index (χ4v) is 0.351. The fraction of sp³-hybridized carbons (Fsp3) is 0.714. The molecule has 0 bridgehead atoms. The van der Waals surface area contributed by atoms with Crippen molar-refractivity contribution in [3.63, 3.8) is 0 Å². The maximum atomic E-state index is 8.67. The molecule has 0 aliphatic carbocycles. The SMILES string of the molecule is CC(O)C#CCN(C)C. The van der Waals surface area contributed by atoms with Gasteiger partial charge in [-0.2, -0.15) is 0 Å². The van der Waals surface area contributed by atoms with Crippen LogP contribution in [0.15, 0.2) is 0 Å². The third-order valence-electron chi connectivity index (χ3n) is 0.706. The quantitative estimate of drug-likeness (QED) is 0.498. The Morgan fingerprint density at radius 2 is 2.11 bits per heavy atom. The Bertz CT molecular complexity index is 119. The Balaban J connectivity index is 3.38. The molecule has 0 aliphatic rings. The van der Waals surface area contributed by atoms with Gasteiger partial charge in [0.15, 0.2) is 0 Å². The van der Waals surface area contributed by atoms with Crippen LogP contribution in [-0.4, -0.2) is 36.8 Å². The standard InChI is InChI=1S/C7H13NO/c1-7(9)5-4-6-8(2)3/h7,9H,6H2,1-3H3. The number of hydrogen-bond donors (Lipinski definition) is 1. The van der Waals surface area contributed by atoms with Crippen molar-refractivity contribution in [2.24, 2.45) is 0 Å². The smallest absolute Gasteiger partial charge is 0.112 e. The Morgan fingerprint density at radius 1 is 1.56 bits per heavy atom. The van der Waals surface area contributed by atoms with Gasteiger partial charge in [-0.1, -0.05) is 11.8 Å². The van der Waals surface area contributed by atoms with Crippen LogP contribution >= 0.6 is 0 Å². The first-order valence-corrected chi connectivity index (χ1v) is 2.94. The number of rotatable bonds is 1. The highest BCUT2D eigenvalue weighted by molar-refractivity contribution is 5.04. The lowest BCUT2D eigenvalue weighted by molar-refractivity contribution is 0.253. The van der Waals surface area contributed by atoms with Gasteiger partial charge in [-0.3, -0.25) is 4.90 Å². The molecule has 0 saturated carbocycles. The van der Waals surface area contributed by atoms with Crippen LogP contribution in [0.2, 0.25) is 0 Å². The zero-order valence-electron chi connectivity index (χ0n) is 6.18. The summed E-state index contributed by atoms with van der Waals surface area (Å²) in [5.41, 5.74) is 0. The van der Waals surface area contributed by atoms with Crippen LogP contribution in [0, 0.1) is 11.8 Å². The molecule has 1 atom stereocenters. The zero-order valence-corrected chi connectivity index (χ0v) is 6.18. The van der Waals surface area contributed by atoms with E-state index in [1.807, 2.05) is 19.0 Å². The first-order chi connectivity index (χ1) is 4.13. The molecule has 1 N–H and O–H groups in total. The van der Waals surface area contributed by atoms with E-state index in [0.29, 0.717) is 6.54 Å². The van der Waals surface area contributed by atoms with Gasteiger partial charge in [0.2, 0.25) is 0 Å². The van der Waals surface area contributed by atoms with Crippen molar-refractivity contribution in [2.45, 2.75) is 13.0 Å². The Hall–Kier alpha value is -0.520. The van der Waals surface area contributed by atoms with Gasteiger partial charge in [0.1, 0.15) is 6.10 Å². The van der Waals surface area contributed by atoms with Gasteiger partial charge in [0.25, 0.3) is 0 Å². The second kappa shape index (κ2) is 4.37. The van der Waals surface area contributed by atoms with Crippen molar-refractivity contribution < 1.29 is 5.11 Å². The average molecular weight is 127 g/mol. The summed E-state index contributed by atoms with van der Waals surface area (Å²) in [6.45, 7) is 2.37. The maximum absolute atomic E-state index is 8.67. The molecule has 0 aliphatic heterocycles. The highest BCUT2D eigenvalue weighted by Crippen LogP contribution is 1.74. The van der Waals surface area contributed by atoms with Crippen molar-refractivity contribution in [1.29, 1.82) is 0 Å². The molecule has 0 aromatic carbocycles. The number of hydrogen-bond acceptors (Lipinski definition) is 2. The van der Waals surface area contributed by atoms with Crippen molar-refractivity contribution in [3.8, 4) is 11.8 Å². The number of aliphatic hydroxyl groups is 1. The van der Waals surface area contributed by atoms with Crippen molar-refractivity contribution in [2.75, 3.05) is 20.6 Å². The lowest BCUT2D eigenvalue weighted by Gasteiger charge is -2.00. The molecule has 0 rings (SSSR count). The monoisotopic (exact) mass is 127 g/mol. The van der Waals surface area contributed by atoms with Crippen LogP contribution < -0.4 is 0 Å². The van der Waals surface area contributed by atoms with E-state index >= 15 is 0 Å². The van der Waals surface area contributed by atoms with E-state index in [1.165, 1.54) is 0 Å². The van der Waals surface area contributed by atoms with Gasteiger partial charge < -0.3 is 5.11 Å². The minimum absolute atomic E-state index is 0.495. The van der Waals surface area contributed by atoms with Gasteiger partial charge in [0, 0.05) is 0 Å². The third kappa shape index (κ3) is 7.48. The zero-order chi connectivity index (χ0) is 7.28. The molecule has 2 heteroatoms. The lowest BCUT2D eigenvalue weighted by atomic mass is 10.4. The largest absolute Gasteiger partial charge is 0.381 e. The van der Waals surface area contributed by atoms with Crippen LogP contribution in [0.3, 0.4) is 0 Å². The maximum Gasteiger partial charge on any atom is 0.112 e.